The van der Waals surface area contributed by atoms with Crippen LogP contribution in [0.4, 0.5) is 4.79 Å². The third kappa shape index (κ3) is 11.2. The molecule has 1 aromatic carbocycles. The molecule has 0 heterocycles. The van der Waals surface area contributed by atoms with Crippen molar-refractivity contribution < 1.29 is 28.7 Å². The van der Waals surface area contributed by atoms with E-state index in [9.17, 15) is 19.2 Å². The highest BCUT2D eigenvalue weighted by Crippen LogP contribution is 2.09. The number of hydrogen-bond donors (Lipinski definition) is 3. The molecule has 0 aromatic heterocycles. The zero-order chi connectivity index (χ0) is 25.5. The first-order valence-corrected chi connectivity index (χ1v) is 11.8. The first kappa shape index (κ1) is 28.9. The summed E-state index contributed by atoms with van der Waals surface area (Å²) in [6, 6.07) is 7.90. The highest BCUT2D eigenvalue weighted by molar-refractivity contribution is 5.91. The van der Waals surface area contributed by atoms with Crippen LogP contribution in [0.5, 0.6) is 0 Å². The molecule has 0 aliphatic carbocycles. The summed E-state index contributed by atoms with van der Waals surface area (Å²) in [5.41, 5.74) is 0.919. The number of methoxy groups -OCH3 is 1. The van der Waals surface area contributed by atoms with Crippen LogP contribution in [0.1, 0.15) is 58.9 Å². The van der Waals surface area contributed by atoms with Crippen LogP contribution in [0.2, 0.25) is 0 Å². The molecule has 0 aliphatic rings. The SMILES string of the molecule is COC(=O)[C@@H](NC(=O)[C@@H](NC(=O)CCCCCNC(=O)OCc1ccccc1)C(C)C)C(C)C. The minimum Gasteiger partial charge on any atom is -0.467 e. The number of benzene rings is 1. The van der Waals surface area contributed by atoms with Gasteiger partial charge >= 0.3 is 12.1 Å². The Hall–Kier alpha value is -3.10. The number of amides is 3. The average molecular weight is 478 g/mol. The van der Waals surface area contributed by atoms with E-state index in [1.54, 1.807) is 0 Å². The monoisotopic (exact) mass is 477 g/mol. The van der Waals surface area contributed by atoms with Gasteiger partial charge in [-0.15, -0.1) is 0 Å². The molecule has 190 valence electrons. The fraction of sp³-hybridized carbons (Fsp3) is 0.600. The number of carbonyl (C=O) groups is 4. The molecule has 0 saturated heterocycles. The van der Waals surface area contributed by atoms with E-state index in [0.29, 0.717) is 19.4 Å². The van der Waals surface area contributed by atoms with Crippen LogP contribution in [0.25, 0.3) is 0 Å². The highest BCUT2D eigenvalue weighted by Gasteiger charge is 2.30. The summed E-state index contributed by atoms with van der Waals surface area (Å²) in [5.74, 6) is -1.46. The summed E-state index contributed by atoms with van der Waals surface area (Å²) >= 11 is 0. The van der Waals surface area contributed by atoms with Crippen molar-refractivity contribution in [2.45, 2.75) is 72.1 Å². The number of unbranched alkanes of at least 4 members (excludes halogenated alkanes) is 2. The van der Waals surface area contributed by atoms with Crippen molar-refractivity contribution in [3.8, 4) is 0 Å². The van der Waals surface area contributed by atoms with E-state index in [1.807, 2.05) is 58.0 Å². The molecule has 0 fully saturated rings. The molecule has 3 N–H and O–H groups in total. The van der Waals surface area contributed by atoms with E-state index in [4.69, 9.17) is 9.47 Å². The van der Waals surface area contributed by atoms with Crippen LogP contribution in [0.15, 0.2) is 30.3 Å². The van der Waals surface area contributed by atoms with Gasteiger partial charge in [0.15, 0.2) is 0 Å². The van der Waals surface area contributed by atoms with E-state index in [2.05, 4.69) is 16.0 Å². The second kappa shape index (κ2) is 15.7. The largest absolute Gasteiger partial charge is 0.467 e. The highest BCUT2D eigenvalue weighted by atomic mass is 16.5. The van der Waals surface area contributed by atoms with Crippen molar-refractivity contribution >= 4 is 23.9 Å². The maximum Gasteiger partial charge on any atom is 0.407 e. The predicted octanol–water partition coefficient (Wildman–Crippen LogP) is 2.93. The number of ether oxygens (including phenoxy) is 2. The van der Waals surface area contributed by atoms with Gasteiger partial charge in [-0.3, -0.25) is 9.59 Å². The van der Waals surface area contributed by atoms with Gasteiger partial charge in [0, 0.05) is 13.0 Å². The molecule has 0 saturated carbocycles. The van der Waals surface area contributed by atoms with Crippen molar-refractivity contribution in [1.82, 2.24) is 16.0 Å². The Morgan fingerprint density at radius 2 is 1.50 bits per heavy atom. The third-order valence-corrected chi connectivity index (χ3v) is 5.25. The maximum atomic E-state index is 12.7. The van der Waals surface area contributed by atoms with Gasteiger partial charge in [0.25, 0.3) is 0 Å². The molecular weight excluding hydrogens is 438 g/mol. The van der Waals surface area contributed by atoms with E-state index in [0.717, 1.165) is 12.0 Å². The van der Waals surface area contributed by atoms with Crippen LogP contribution < -0.4 is 16.0 Å². The van der Waals surface area contributed by atoms with Crippen LogP contribution >= 0.6 is 0 Å². The third-order valence-electron chi connectivity index (χ3n) is 5.25. The fourth-order valence-corrected chi connectivity index (χ4v) is 3.20. The summed E-state index contributed by atoms with van der Waals surface area (Å²) < 4.78 is 9.90. The van der Waals surface area contributed by atoms with E-state index in [-0.39, 0.29) is 30.8 Å². The molecule has 34 heavy (non-hydrogen) atoms. The van der Waals surface area contributed by atoms with Crippen molar-refractivity contribution in [2.24, 2.45) is 11.8 Å². The summed E-state index contributed by atoms with van der Waals surface area (Å²) in [7, 11) is 1.27. The molecule has 3 amide bonds. The Balaban J connectivity index is 2.30. The van der Waals surface area contributed by atoms with Crippen molar-refractivity contribution in [1.29, 1.82) is 0 Å². The van der Waals surface area contributed by atoms with Gasteiger partial charge < -0.3 is 25.4 Å². The summed E-state index contributed by atoms with van der Waals surface area (Å²) in [6.45, 7) is 7.95. The molecule has 0 bridgehead atoms. The maximum absolute atomic E-state index is 12.7. The van der Waals surface area contributed by atoms with Gasteiger partial charge in [0.2, 0.25) is 11.8 Å². The van der Waals surface area contributed by atoms with Crippen molar-refractivity contribution in [3.63, 3.8) is 0 Å². The van der Waals surface area contributed by atoms with Gasteiger partial charge in [-0.25, -0.2) is 9.59 Å². The fourth-order valence-electron chi connectivity index (χ4n) is 3.20. The van der Waals surface area contributed by atoms with Crippen LogP contribution in [-0.2, 0) is 30.5 Å². The van der Waals surface area contributed by atoms with Crippen molar-refractivity contribution in [2.75, 3.05) is 13.7 Å². The van der Waals surface area contributed by atoms with Crippen LogP contribution in [-0.4, -0.2) is 49.6 Å². The van der Waals surface area contributed by atoms with Crippen molar-refractivity contribution in [3.05, 3.63) is 35.9 Å². The number of nitrogens with one attached hydrogen (secondary N) is 3. The second-order valence-electron chi connectivity index (χ2n) is 8.84. The molecule has 0 spiro atoms. The summed E-state index contributed by atoms with van der Waals surface area (Å²) in [6.07, 6.45) is 1.86. The zero-order valence-electron chi connectivity index (χ0n) is 20.9. The molecule has 9 nitrogen and oxygen atoms in total. The normalized spacial score (nSPS) is 12.6. The Bertz CT molecular complexity index is 782. The number of hydrogen-bond acceptors (Lipinski definition) is 6. The smallest absolute Gasteiger partial charge is 0.407 e. The Kier molecular flexibility index (Phi) is 13.3. The van der Waals surface area contributed by atoms with E-state index in [1.165, 1.54) is 7.11 Å². The molecule has 2 atom stereocenters. The second-order valence-corrected chi connectivity index (χ2v) is 8.84. The van der Waals surface area contributed by atoms with Gasteiger partial charge in [-0.2, -0.15) is 0 Å². The molecule has 1 rings (SSSR count). The molecule has 1 aromatic rings. The molecule has 9 heteroatoms. The summed E-state index contributed by atoms with van der Waals surface area (Å²) in [4.78, 5) is 48.7. The van der Waals surface area contributed by atoms with E-state index >= 15 is 0 Å². The lowest BCUT2D eigenvalue weighted by Crippen LogP contribution is -2.55. The number of esters is 1. The Labute approximate surface area is 202 Å². The van der Waals surface area contributed by atoms with Gasteiger partial charge in [-0.05, 0) is 30.2 Å². The average Bonchev–Trinajstić information content (AvgIpc) is 2.81. The van der Waals surface area contributed by atoms with Gasteiger partial charge in [-0.1, -0.05) is 64.4 Å². The zero-order valence-corrected chi connectivity index (χ0v) is 20.9. The number of alkyl carbamates (subject to hydrolysis) is 1. The lowest BCUT2D eigenvalue weighted by molar-refractivity contribution is -0.146. The standard InChI is InChI=1S/C25H39N3O6/c1-17(2)21(23(30)28-22(18(3)4)24(31)33-5)27-20(29)14-10-7-11-15-26-25(32)34-16-19-12-8-6-9-13-19/h6,8-9,12-13,17-18,21-22H,7,10-11,14-16H2,1-5H3,(H,26,32)(H,27,29)(H,28,30)/t21-,22-/m0/s1. The van der Waals surface area contributed by atoms with Crippen LogP contribution in [0.3, 0.4) is 0 Å². The van der Waals surface area contributed by atoms with Gasteiger partial charge in [0.05, 0.1) is 7.11 Å². The molecule has 0 radical (unpaired) electrons. The molecular formula is C25H39N3O6. The minimum atomic E-state index is -0.775. The predicted molar refractivity (Wildman–Crippen MR) is 129 cm³/mol. The topological polar surface area (TPSA) is 123 Å². The number of carbonyl (C=O) groups excluding carboxylic acids is 4. The lowest BCUT2D eigenvalue weighted by atomic mass is 10.00. The first-order chi connectivity index (χ1) is 16.1. The lowest BCUT2D eigenvalue weighted by Gasteiger charge is -2.26. The van der Waals surface area contributed by atoms with E-state index < -0.39 is 30.1 Å². The first-order valence-electron chi connectivity index (χ1n) is 11.8. The minimum absolute atomic E-state index is 0.149. The molecule has 0 aliphatic heterocycles. The molecule has 0 unspecified atom stereocenters. The summed E-state index contributed by atoms with van der Waals surface area (Å²) in [5, 5.41) is 8.15. The Morgan fingerprint density at radius 1 is 0.853 bits per heavy atom. The van der Waals surface area contributed by atoms with Gasteiger partial charge in [0.1, 0.15) is 18.7 Å². The quantitative estimate of drug-likeness (QED) is 0.280. The van der Waals surface area contributed by atoms with Crippen LogP contribution in [0, 0.1) is 11.8 Å². The Morgan fingerprint density at radius 3 is 2.09 bits per heavy atom. The number of rotatable bonds is 14.